The molecule has 15 heavy (non-hydrogen) atoms. The van der Waals surface area contributed by atoms with E-state index in [0.29, 0.717) is 16.0 Å². The molecule has 1 N–H and O–H groups in total. The van der Waals surface area contributed by atoms with E-state index in [2.05, 4.69) is 30.7 Å². The maximum absolute atomic E-state index is 10.6. The van der Waals surface area contributed by atoms with E-state index in [1.165, 1.54) is 6.07 Å². The molecule has 2 aromatic rings. The number of hydrogen-bond donors (Lipinski definition) is 1. The van der Waals surface area contributed by atoms with Crippen LogP contribution in [-0.4, -0.2) is 26.0 Å². The molecule has 78 valence electrons. The zero-order valence-corrected chi connectivity index (χ0v) is 9.22. The van der Waals surface area contributed by atoms with Gasteiger partial charge >= 0.3 is 5.97 Å². The minimum Gasteiger partial charge on any atom is -0.475 e. The Hall–Kier alpha value is -1.63. The third-order valence-corrected chi connectivity index (χ3v) is 2.22. The van der Waals surface area contributed by atoms with Gasteiger partial charge in [0.05, 0.1) is 5.69 Å². The fourth-order valence-electron chi connectivity index (χ4n) is 1.17. The number of aryl methyl sites for hydroxylation is 1. The molecular formula is C8H6BrN3O3. The van der Waals surface area contributed by atoms with Crippen molar-refractivity contribution < 1.29 is 14.4 Å². The quantitative estimate of drug-likeness (QED) is 0.896. The van der Waals surface area contributed by atoms with E-state index >= 15 is 0 Å². The number of carboxylic acids is 1. The van der Waals surface area contributed by atoms with Crippen LogP contribution in [0.4, 0.5) is 0 Å². The van der Waals surface area contributed by atoms with E-state index in [4.69, 9.17) is 5.11 Å². The van der Waals surface area contributed by atoms with Crippen molar-refractivity contribution >= 4 is 21.9 Å². The maximum Gasteiger partial charge on any atom is 0.374 e. The van der Waals surface area contributed by atoms with Crippen molar-refractivity contribution in [3.63, 3.8) is 0 Å². The molecule has 2 rings (SSSR count). The molecule has 2 aromatic heterocycles. The van der Waals surface area contributed by atoms with Crippen molar-refractivity contribution in [3.05, 3.63) is 22.5 Å². The van der Waals surface area contributed by atoms with Crippen LogP contribution in [0.5, 0.6) is 0 Å². The van der Waals surface area contributed by atoms with Crippen LogP contribution in [0.25, 0.3) is 11.4 Å². The van der Waals surface area contributed by atoms with Crippen LogP contribution in [0.2, 0.25) is 0 Å². The molecule has 6 nitrogen and oxygen atoms in total. The molecule has 0 bridgehead atoms. The summed E-state index contributed by atoms with van der Waals surface area (Å²) in [5.74, 6) is -1.34. The molecular weight excluding hydrogens is 266 g/mol. The number of carboxylic acid groups (broad SMARTS) is 1. The molecule has 0 unspecified atom stereocenters. The third kappa shape index (κ3) is 1.78. The third-order valence-electron chi connectivity index (χ3n) is 1.83. The number of aromatic carboxylic acids is 1. The molecule has 0 aromatic carbocycles. The molecule has 0 spiro atoms. The minimum atomic E-state index is -1.14. The summed E-state index contributed by atoms with van der Waals surface area (Å²) in [5, 5.41) is 16.3. The molecule has 0 saturated carbocycles. The summed E-state index contributed by atoms with van der Waals surface area (Å²) in [7, 11) is 1.73. The van der Waals surface area contributed by atoms with Gasteiger partial charge in [0, 0.05) is 19.2 Å². The first-order valence-electron chi connectivity index (χ1n) is 3.98. The Kier molecular flexibility index (Phi) is 2.31. The van der Waals surface area contributed by atoms with Gasteiger partial charge in [-0.1, -0.05) is 5.16 Å². The second-order valence-corrected chi connectivity index (χ2v) is 3.67. The van der Waals surface area contributed by atoms with Gasteiger partial charge in [0.2, 0.25) is 5.76 Å². The van der Waals surface area contributed by atoms with E-state index in [-0.39, 0.29) is 5.76 Å². The van der Waals surface area contributed by atoms with E-state index < -0.39 is 5.97 Å². The van der Waals surface area contributed by atoms with Crippen molar-refractivity contribution in [2.24, 2.45) is 7.05 Å². The van der Waals surface area contributed by atoms with Crippen LogP contribution in [0.3, 0.4) is 0 Å². The topological polar surface area (TPSA) is 81.2 Å². The first-order valence-corrected chi connectivity index (χ1v) is 4.77. The molecule has 0 amide bonds. The Labute approximate surface area is 92.6 Å². The average Bonchev–Trinajstić information content (AvgIpc) is 2.71. The lowest BCUT2D eigenvalue weighted by Crippen LogP contribution is -1.94. The van der Waals surface area contributed by atoms with Gasteiger partial charge in [0.25, 0.3) is 0 Å². The van der Waals surface area contributed by atoms with E-state index in [1.54, 1.807) is 17.8 Å². The Morgan fingerprint density at radius 3 is 2.80 bits per heavy atom. The predicted molar refractivity (Wildman–Crippen MR) is 53.4 cm³/mol. The highest BCUT2D eigenvalue weighted by Gasteiger charge is 2.15. The highest BCUT2D eigenvalue weighted by atomic mass is 79.9. The number of halogens is 1. The number of rotatable bonds is 2. The predicted octanol–water partition coefficient (Wildman–Crippen LogP) is 1.54. The minimum absolute atomic E-state index is 0.192. The van der Waals surface area contributed by atoms with Crippen molar-refractivity contribution in [1.82, 2.24) is 14.9 Å². The standard InChI is InChI=1S/C8H6BrN3O3/c1-12-5(3-7(9)10-12)4-2-6(8(13)14)15-11-4/h2-3H,1H3,(H,13,14). The number of nitrogens with zero attached hydrogens (tertiary/aromatic N) is 3. The molecule has 0 fully saturated rings. The normalized spacial score (nSPS) is 10.5. The van der Waals surface area contributed by atoms with Crippen LogP contribution in [0.15, 0.2) is 21.3 Å². The fourth-order valence-corrected chi connectivity index (χ4v) is 1.62. The molecule has 7 heteroatoms. The molecule has 0 radical (unpaired) electrons. The SMILES string of the molecule is Cn1nc(Br)cc1-c1cc(C(=O)O)on1. The zero-order chi connectivity index (χ0) is 11.0. The Morgan fingerprint density at radius 1 is 1.60 bits per heavy atom. The highest BCUT2D eigenvalue weighted by molar-refractivity contribution is 9.10. The summed E-state index contributed by atoms with van der Waals surface area (Å²) in [5.41, 5.74) is 1.12. The van der Waals surface area contributed by atoms with Crippen LogP contribution in [0.1, 0.15) is 10.6 Å². The number of carbonyl (C=O) groups is 1. The summed E-state index contributed by atoms with van der Waals surface area (Å²) in [6.45, 7) is 0. The summed E-state index contributed by atoms with van der Waals surface area (Å²) >= 11 is 3.21. The monoisotopic (exact) mass is 271 g/mol. The van der Waals surface area contributed by atoms with Gasteiger partial charge in [0.15, 0.2) is 0 Å². The van der Waals surface area contributed by atoms with Crippen molar-refractivity contribution in [1.29, 1.82) is 0 Å². The summed E-state index contributed by atoms with van der Waals surface area (Å²) in [6, 6.07) is 3.08. The molecule has 0 aliphatic heterocycles. The van der Waals surface area contributed by atoms with Gasteiger partial charge in [-0.25, -0.2) is 4.79 Å². The van der Waals surface area contributed by atoms with Gasteiger partial charge in [0.1, 0.15) is 10.3 Å². The lowest BCUT2D eigenvalue weighted by Gasteiger charge is -1.93. The van der Waals surface area contributed by atoms with Crippen molar-refractivity contribution in [3.8, 4) is 11.4 Å². The largest absolute Gasteiger partial charge is 0.475 e. The summed E-state index contributed by atoms with van der Waals surface area (Å²) in [4.78, 5) is 10.6. The lowest BCUT2D eigenvalue weighted by atomic mass is 10.3. The molecule has 0 atom stereocenters. The smallest absolute Gasteiger partial charge is 0.374 e. The highest BCUT2D eigenvalue weighted by Crippen LogP contribution is 2.21. The molecule has 0 saturated heterocycles. The zero-order valence-electron chi connectivity index (χ0n) is 7.64. The molecule has 0 aliphatic carbocycles. The van der Waals surface area contributed by atoms with Gasteiger partial charge < -0.3 is 9.63 Å². The van der Waals surface area contributed by atoms with Gasteiger partial charge in [-0.2, -0.15) is 5.10 Å². The number of aromatic nitrogens is 3. The van der Waals surface area contributed by atoms with Crippen LogP contribution < -0.4 is 0 Å². The average molecular weight is 272 g/mol. The molecule has 2 heterocycles. The van der Waals surface area contributed by atoms with Crippen LogP contribution in [-0.2, 0) is 7.05 Å². The van der Waals surface area contributed by atoms with Crippen LogP contribution >= 0.6 is 15.9 Å². The first-order chi connectivity index (χ1) is 7.08. The van der Waals surface area contributed by atoms with Gasteiger partial charge in [-0.05, 0) is 15.9 Å². The van der Waals surface area contributed by atoms with E-state index in [0.717, 1.165) is 0 Å². The van der Waals surface area contributed by atoms with Crippen LogP contribution in [0, 0.1) is 0 Å². The fraction of sp³-hybridized carbons (Fsp3) is 0.125. The summed E-state index contributed by atoms with van der Waals surface area (Å²) < 4.78 is 6.87. The van der Waals surface area contributed by atoms with Gasteiger partial charge in [-0.3, -0.25) is 4.68 Å². The second kappa shape index (κ2) is 3.50. The first kappa shape index (κ1) is 9.91. The lowest BCUT2D eigenvalue weighted by molar-refractivity contribution is 0.0652. The van der Waals surface area contributed by atoms with E-state index in [1.807, 2.05) is 0 Å². The van der Waals surface area contributed by atoms with Crippen molar-refractivity contribution in [2.75, 3.05) is 0 Å². The Balaban J connectivity index is 2.45. The van der Waals surface area contributed by atoms with E-state index in [9.17, 15) is 4.79 Å². The second-order valence-electron chi connectivity index (χ2n) is 2.86. The number of hydrogen-bond acceptors (Lipinski definition) is 4. The Bertz CT molecular complexity index is 517. The van der Waals surface area contributed by atoms with Gasteiger partial charge in [-0.15, -0.1) is 0 Å². The van der Waals surface area contributed by atoms with Crippen molar-refractivity contribution in [2.45, 2.75) is 0 Å². The summed E-state index contributed by atoms with van der Waals surface area (Å²) in [6.07, 6.45) is 0. The molecule has 0 aliphatic rings. The Morgan fingerprint density at radius 2 is 2.33 bits per heavy atom. The maximum atomic E-state index is 10.6.